The van der Waals surface area contributed by atoms with Crippen molar-refractivity contribution in [3.05, 3.63) is 41.2 Å². The van der Waals surface area contributed by atoms with Gasteiger partial charge >= 0.3 is 0 Å². The molecule has 22 heavy (non-hydrogen) atoms. The Morgan fingerprint density at radius 1 is 1.36 bits per heavy atom. The van der Waals surface area contributed by atoms with Crippen molar-refractivity contribution in [2.45, 2.75) is 32.0 Å². The van der Waals surface area contributed by atoms with Crippen LogP contribution in [0, 0.1) is 6.92 Å². The summed E-state index contributed by atoms with van der Waals surface area (Å²) in [4.78, 5) is 15.9. The maximum Gasteiger partial charge on any atom is 0.230 e. The highest BCUT2D eigenvalue weighted by Crippen LogP contribution is 2.14. The van der Waals surface area contributed by atoms with Crippen LogP contribution in [-0.4, -0.2) is 32.9 Å². The molecular formula is C16H20N4OS. The Bertz CT molecular complexity index is 664. The number of benzene rings is 1. The van der Waals surface area contributed by atoms with E-state index in [0.29, 0.717) is 16.7 Å². The van der Waals surface area contributed by atoms with E-state index in [1.54, 1.807) is 0 Å². The van der Waals surface area contributed by atoms with Crippen molar-refractivity contribution in [2.24, 2.45) is 0 Å². The van der Waals surface area contributed by atoms with Gasteiger partial charge in [-0.25, -0.2) is 4.98 Å². The van der Waals surface area contributed by atoms with Crippen molar-refractivity contribution < 1.29 is 4.79 Å². The Morgan fingerprint density at radius 3 is 2.86 bits per heavy atom. The third-order valence-corrected chi connectivity index (χ3v) is 3.72. The molecule has 0 fully saturated rings. The maximum absolute atomic E-state index is 11.6. The molecule has 0 aliphatic rings. The number of hydrogen-bond donors (Lipinski definition) is 2. The molecule has 2 rings (SSSR count). The highest BCUT2D eigenvalue weighted by molar-refractivity contribution is 7.99. The maximum atomic E-state index is 11.6. The van der Waals surface area contributed by atoms with Crippen LogP contribution < -0.4 is 5.32 Å². The normalized spacial score (nSPS) is 11.3. The van der Waals surface area contributed by atoms with Crippen molar-refractivity contribution in [3.8, 4) is 0 Å². The van der Waals surface area contributed by atoms with Gasteiger partial charge in [0.05, 0.1) is 5.75 Å². The molecule has 1 heterocycles. The molecule has 5 nitrogen and oxygen atoms in total. The molecule has 116 valence electrons. The number of H-pyrrole nitrogens is 1. The first kappa shape index (κ1) is 16.3. The van der Waals surface area contributed by atoms with Gasteiger partial charge < -0.3 is 5.32 Å². The van der Waals surface area contributed by atoms with E-state index in [9.17, 15) is 4.79 Å². The summed E-state index contributed by atoms with van der Waals surface area (Å²) >= 11 is 1.32. The van der Waals surface area contributed by atoms with Gasteiger partial charge in [-0.2, -0.15) is 0 Å². The van der Waals surface area contributed by atoms with Crippen molar-refractivity contribution in [2.75, 3.05) is 5.75 Å². The Labute approximate surface area is 134 Å². The van der Waals surface area contributed by atoms with Gasteiger partial charge in [-0.15, -0.1) is 5.10 Å². The number of aryl methyl sites for hydroxylation is 1. The van der Waals surface area contributed by atoms with Crippen molar-refractivity contribution in [1.29, 1.82) is 0 Å². The van der Waals surface area contributed by atoms with Gasteiger partial charge in [0.15, 0.2) is 0 Å². The Kier molecular flexibility index (Phi) is 5.77. The van der Waals surface area contributed by atoms with Crippen LogP contribution in [0.1, 0.15) is 30.8 Å². The molecule has 0 radical (unpaired) electrons. The third kappa shape index (κ3) is 5.04. The Hall–Kier alpha value is -2.08. The zero-order chi connectivity index (χ0) is 15.9. The molecule has 1 aromatic carbocycles. The predicted octanol–water partition coefficient (Wildman–Crippen LogP) is 2.90. The van der Waals surface area contributed by atoms with Gasteiger partial charge in [0.2, 0.25) is 11.1 Å². The average Bonchev–Trinajstić information content (AvgIpc) is 2.91. The summed E-state index contributed by atoms with van der Waals surface area (Å²) in [6, 6.07) is 8.27. The second kappa shape index (κ2) is 7.79. The van der Waals surface area contributed by atoms with Gasteiger partial charge in [-0.3, -0.25) is 9.89 Å². The molecule has 1 amide bonds. The molecule has 0 atom stereocenters. The number of carbonyl (C=O) groups is 1. The van der Waals surface area contributed by atoms with Gasteiger partial charge in [-0.1, -0.05) is 42.1 Å². The van der Waals surface area contributed by atoms with Crippen LogP contribution in [0.3, 0.4) is 0 Å². The van der Waals surface area contributed by atoms with E-state index in [1.807, 2.05) is 44.2 Å². The van der Waals surface area contributed by atoms with Crippen molar-refractivity contribution >= 4 is 29.8 Å². The monoisotopic (exact) mass is 316 g/mol. The summed E-state index contributed by atoms with van der Waals surface area (Å²) in [5, 5.41) is 10.4. The molecule has 2 N–H and O–H groups in total. The lowest BCUT2D eigenvalue weighted by molar-refractivity contribution is -0.119. The van der Waals surface area contributed by atoms with Crippen molar-refractivity contribution in [1.82, 2.24) is 20.5 Å². The summed E-state index contributed by atoms with van der Waals surface area (Å²) < 4.78 is 0. The molecule has 0 spiro atoms. The van der Waals surface area contributed by atoms with Crippen molar-refractivity contribution in [3.63, 3.8) is 0 Å². The lowest BCUT2D eigenvalue weighted by Crippen LogP contribution is -2.31. The quantitative estimate of drug-likeness (QED) is 0.804. The van der Waals surface area contributed by atoms with E-state index in [1.165, 1.54) is 17.3 Å². The number of carbonyl (C=O) groups excluding carboxylic acids is 1. The standard InChI is InChI=1S/C16H20N4OS/c1-11(2)17-15(21)10-22-16-18-14(19-20-16)9-8-13-7-5-4-6-12(13)3/h4-9,11H,10H2,1-3H3,(H,17,21)(H,18,19,20)/b9-8+. The average molecular weight is 316 g/mol. The molecule has 0 saturated heterocycles. The fraction of sp³-hybridized carbons (Fsp3) is 0.312. The number of rotatable bonds is 6. The Morgan fingerprint density at radius 2 is 2.14 bits per heavy atom. The van der Waals surface area contributed by atoms with Crippen LogP contribution >= 0.6 is 11.8 Å². The van der Waals surface area contributed by atoms with E-state index in [2.05, 4.69) is 33.5 Å². The topological polar surface area (TPSA) is 70.7 Å². The predicted molar refractivity (Wildman–Crippen MR) is 90.5 cm³/mol. The van der Waals surface area contributed by atoms with E-state index >= 15 is 0 Å². The first-order valence-corrected chi connectivity index (χ1v) is 8.11. The number of amides is 1. The number of nitrogens with one attached hydrogen (secondary N) is 2. The summed E-state index contributed by atoms with van der Waals surface area (Å²) in [7, 11) is 0. The van der Waals surface area contributed by atoms with Gasteiger partial charge in [0, 0.05) is 6.04 Å². The third-order valence-electron chi connectivity index (χ3n) is 2.87. The van der Waals surface area contributed by atoms with E-state index < -0.39 is 0 Å². The highest BCUT2D eigenvalue weighted by Gasteiger charge is 2.07. The van der Waals surface area contributed by atoms with E-state index in [0.717, 1.165) is 5.56 Å². The number of thioether (sulfide) groups is 1. The zero-order valence-electron chi connectivity index (χ0n) is 13.0. The number of aromatic nitrogens is 3. The number of hydrogen-bond acceptors (Lipinski definition) is 4. The van der Waals surface area contributed by atoms with Gasteiger partial charge in [0.25, 0.3) is 0 Å². The minimum absolute atomic E-state index is 0.0122. The summed E-state index contributed by atoms with van der Waals surface area (Å²) in [5.74, 6) is 0.980. The molecule has 2 aromatic rings. The molecule has 0 saturated carbocycles. The summed E-state index contributed by atoms with van der Waals surface area (Å²) in [6.45, 7) is 5.93. The fourth-order valence-corrected chi connectivity index (χ4v) is 2.45. The largest absolute Gasteiger partial charge is 0.353 e. The van der Waals surface area contributed by atoms with Crippen LogP contribution in [-0.2, 0) is 4.79 Å². The molecule has 6 heteroatoms. The molecule has 1 aromatic heterocycles. The second-order valence-corrected chi connectivity index (χ2v) is 6.15. The van der Waals surface area contributed by atoms with Crippen LogP contribution in [0.25, 0.3) is 12.2 Å². The van der Waals surface area contributed by atoms with Crippen LogP contribution in [0.4, 0.5) is 0 Å². The fourth-order valence-electron chi connectivity index (χ4n) is 1.83. The molecule has 0 aliphatic heterocycles. The molecule has 0 bridgehead atoms. The Balaban J connectivity index is 1.92. The number of aromatic amines is 1. The summed E-state index contributed by atoms with van der Waals surface area (Å²) in [6.07, 6.45) is 3.88. The first-order valence-electron chi connectivity index (χ1n) is 7.13. The van der Waals surface area contributed by atoms with Gasteiger partial charge in [0.1, 0.15) is 5.82 Å². The lowest BCUT2D eigenvalue weighted by atomic mass is 10.1. The van der Waals surface area contributed by atoms with Gasteiger partial charge in [-0.05, 0) is 38.0 Å². The zero-order valence-corrected chi connectivity index (χ0v) is 13.8. The molecule has 0 aliphatic carbocycles. The minimum atomic E-state index is -0.0122. The lowest BCUT2D eigenvalue weighted by Gasteiger charge is -2.06. The smallest absolute Gasteiger partial charge is 0.230 e. The molecule has 0 unspecified atom stereocenters. The minimum Gasteiger partial charge on any atom is -0.353 e. The highest BCUT2D eigenvalue weighted by atomic mass is 32.2. The number of nitrogens with zero attached hydrogens (tertiary/aromatic N) is 2. The van der Waals surface area contributed by atoms with Crippen LogP contribution in [0.2, 0.25) is 0 Å². The molecular weight excluding hydrogens is 296 g/mol. The SMILES string of the molecule is Cc1ccccc1/C=C/c1nc(SCC(=O)NC(C)C)n[nH]1. The van der Waals surface area contributed by atoms with Crippen LogP contribution in [0.15, 0.2) is 29.4 Å². The van der Waals surface area contributed by atoms with E-state index in [4.69, 9.17) is 0 Å². The first-order chi connectivity index (χ1) is 10.5. The summed E-state index contributed by atoms with van der Waals surface area (Å²) in [5.41, 5.74) is 2.35. The van der Waals surface area contributed by atoms with E-state index in [-0.39, 0.29) is 11.9 Å². The second-order valence-electron chi connectivity index (χ2n) is 5.20. The van der Waals surface area contributed by atoms with Crippen LogP contribution in [0.5, 0.6) is 0 Å².